The first-order chi connectivity index (χ1) is 15.2. The molecule has 0 N–H and O–H groups in total. The van der Waals surface area contributed by atoms with E-state index >= 15 is 0 Å². The van der Waals surface area contributed by atoms with Crippen LogP contribution in [0.5, 0.6) is 17.2 Å². The summed E-state index contributed by atoms with van der Waals surface area (Å²) >= 11 is 0. The van der Waals surface area contributed by atoms with Gasteiger partial charge in [-0.1, -0.05) is 12.1 Å². The maximum atomic E-state index is 12.6. The number of ether oxygens (including phenoxy) is 3. The molecule has 0 spiro atoms. The molecule has 0 unspecified atom stereocenters. The summed E-state index contributed by atoms with van der Waals surface area (Å²) in [5, 5.41) is 0. The number of rotatable bonds is 8. The van der Waals surface area contributed by atoms with E-state index < -0.39 is 0 Å². The van der Waals surface area contributed by atoms with Crippen molar-refractivity contribution in [3.63, 3.8) is 0 Å². The Labute approximate surface area is 184 Å². The number of carbonyl (C=O) groups is 1. The molecule has 0 aromatic heterocycles. The number of anilines is 1. The lowest BCUT2D eigenvalue weighted by Crippen LogP contribution is -2.46. The number of methoxy groups -OCH3 is 1. The molecule has 0 bridgehead atoms. The molecule has 2 heterocycles. The summed E-state index contributed by atoms with van der Waals surface area (Å²) in [4.78, 5) is 17.5. The summed E-state index contributed by atoms with van der Waals surface area (Å²) < 4.78 is 16.6. The van der Waals surface area contributed by atoms with Gasteiger partial charge in [0.15, 0.2) is 17.3 Å². The SMILES string of the molecule is COc1ccccc1N1CCN(CCCCC(=O)c2ccc3c(c2)OC=CCO3)CC1. The Hall–Kier alpha value is -2.99. The second-order valence-electron chi connectivity index (χ2n) is 7.84. The molecule has 164 valence electrons. The number of fused-ring (bicyclic) bond motifs is 1. The Balaban J connectivity index is 1.19. The molecule has 2 aliphatic rings. The number of ketones is 1. The monoisotopic (exact) mass is 422 g/mol. The van der Waals surface area contributed by atoms with Gasteiger partial charge in [0.1, 0.15) is 12.4 Å². The topological polar surface area (TPSA) is 51.2 Å². The number of Topliss-reactive ketones (excluding diaryl/α,β-unsaturated/α-hetero) is 1. The van der Waals surface area contributed by atoms with E-state index in [2.05, 4.69) is 21.9 Å². The smallest absolute Gasteiger partial charge is 0.169 e. The fourth-order valence-corrected chi connectivity index (χ4v) is 4.06. The van der Waals surface area contributed by atoms with Crippen molar-refractivity contribution in [3.05, 3.63) is 60.4 Å². The van der Waals surface area contributed by atoms with Gasteiger partial charge in [-0.3, -0.25) is 9.69 Å². The van der Waals surface area contributed by atoms with Gasteiger partial charge in [-0.25, -0.2) is 0 Å². The number of piperazine rings is 1. The number of para-hydroxylation sites is 2. The Morgan fingerprint density at radius 1 is 1.03 bits per heavy atom. The number of nitrogens with zero attached hydrogens (tertiary/aromatic N) is 2. The van der Waals surface area contributed by atoms with E-state index in [-0.39, 0.29) is 5.78 Å². The van der Waals surface area contributed by atoms with Crippen molar-refractivity contribution < 1.29 is 19.0 Å². The first-order valence-corrected chi connectivity index (χ1v) is 11.0. The summed E-state index contributed by atoms with van der Waals surface area (Å²) in [5.41, 5.74) is 1.85. The summed E-state index contributed by atoms with van der Waals surface area (Å²) in [6.45, 7) is 5.55. The number of benzene rings is 2. The summed E-state index contributed by atoms with van der Waals surface area (Å²) in [7, 11) is 1.72. The van der Waals surface area contributed by atoms with Crippen molar-refractivity contribution in [3.8, 4) is 17.2 Å². The highest BCUT2D eigenvalue weighted by Crippen LogP contribution is 2.31. The van der Waals surface area contributed by atoms with Gasteiger partial charge in [-0.15, -0.1) is 0 Å². The van der Waals surface area contributed by atoms with Crippen LogP contribution >= 0.6 is 0 Å². The summed E-state index contributed by atoms with van der Waals surface area (Å²) in [6, 6.07) is 13.6. The third kappa shape index (κ3) is 5.39. The molecule has 2 aliphatic heterocycles. The third-order valence-corrected chi connectivity index (χ3v) is 5.82. The van der Waals surface area contributed by atoms with Crippen LogP contribution in [0.15, 0.2) is 54.8 Å². The number of hydrogen-bond acceptors (Lipinski definition) is 6. The van der Waals surface area contributed by atoms with Crippen LogP contribution in [0, 0.1) is 0 Å². The average Bonchev–Trinajstić information content (AvgIpc) is 3.07. The van der Waals surface area contributed by atoms with Gasteiger partial charge >= 0.3 is 0 Å². The highest BCUT2D eigenvalue weighted by Gasteiger charge is 2.19. The van der Waals surface area contributed by atoms with E-state index in [1.165, 1.54) is 5.69 Å². The highest BCUT2D eigenvalue weighted by molar-refractivity contribution is 5.96. The second kappa shape index (κ2) is 10.4. The maximum absolute atomic E-state index is 12.6. The molecule has 2 aromatic rings. The zero-order valence-electron chi connectivity index (χ0n) is 18.1. The molecule has 0 atom stereocenters. The molecule has 2 aromatic carbocycles. The number of carbonyl (C=O) groups excluding carboxylic acids is 1. The van der Waals surface area contributed by atoms with Crippen molar-refractivity contribution in [2.24, 2.45) is 0 Å². The molecule has 0 amide bonds. The van der Waals surface area contributed by atoms with E-state index in [0.29, 0.717) is 30.1 Å². The lowest BCUT2D eigenvalue weighted by Gasteiger charge is -2.36. The molecule has 0 aliphatic carbocycles. The number of unbranched alkanes of at least 4 members (excludes halogenated alkanes) is 1. The van der Waals surface area contributed by atoms with Crippen LogP contribution < -0.4 is 19.1 Å². The molecule has 0 radical (unpaired) electrons. The first kappa shape index (κ1) is 21.2. The van der Waals surface area contributed by atoms with Crippen LogP contribution in [0.3, 0.4) is 0 Å². The van der Waals surface area contributed by atoms with Crippen LogP contribution in [0.4, 0.5) is 5.69 Å². The maximum Gasteiger partial charge on any atom is 0.169 e. The van der Waals surface area contributed by atoms with Crippen molar-refractivity contribution >= 4 is 11.5 Å². The van der Waals surface area contributed by atoms with Crippen LogP contribution in [-0.4, -0.2) is 57.1 Å². The van der Waals surface area contributed by atoms with Crippen molar-refractivity contribution in [1.82, 2.24) is 4.90 Å². The first-order valence-electron chi connectivity index (χ1n) is 11.0. The van der Waals surface area contributed by atoms with Crippen molar-refractivity contribution in [2.75, 3.05) is 51.3 Å². The van der Waals surface area contributed by atoms with Crippen molar-refractivity contribution in [2.45, 2.75) is 19.3 Å². The van der Waals surface area contributed by atoms with Gasteiger partial charge in [0.05, 0.1) is 19.1 Å². The lowest BCUT2D eigenvalue weighted by molar-refractivity contribution is 0.0977. The minimum atomic E-state index is 0.153. The fraction of sp³-hybridized carbons (Fsp3) is 0.400. The minimum Gasteiger partial charge on any atom is -0.495 e. The van der Waals surface area contributed by atoms with Gasteiger partial charge < -0.3 is 19.1 Å². The van der Waals surface area contributed by atoms with E-state index in [1.807, 2.05) is 24.3 Å². The molecule has 1 fully saturated rings. The molecule has 6 nitrogen and oxygen atoms in total. The quantitative estimate of drug-likeness (QED) is 0.470. The summed E-state index contributed by atoms with van der Waals surface area (Å²) in [5.74, 6) is 2.36. The van der Waals surface area contributed by atoms with Gasteiger partial charge in [0.25, 0.3) is 0 Å². The largest absolute Gasteiger partial charge is 0.495 e. The van der Waals surface area contributed by atoms with E-state index in [4.69, 9.17) is 14.2 Å². The Kier molecular flexibility index (Phi) is 7.10. The van der Waals surface area contributed by atoms with Gasteiger partial charge in [0.2, 0.25) is 0 Å². The second-order valence-corrected chi connectivity index (χ2v) is 7.84. The zero-order valence-corrected chi connectivity index (χ0v) is 18.1. The van der Waals surface area contributed by atoms with Crippen LogP contribution in [0.1, 0.15) is 29.6 Å². The van der Waals surface area contributed by atoms with Crippen LogP contribution in [0.2, 0.25) is 0 Å². The fourth-order valence-electron chi connectivity index (χ4n) is 4.06. The van der Waals surface area contributed by atoms with E-state index in [0.717, 1.165) is 51.3 Å². The summed E-state index contributed by atoms with van der Waals surface area (Å²) in [6.07, 6.45) is 5.87. The predicted molar refractivity (Wildman–Crippen MR) is 122 cm³/mol. The normalized spacial score (nSPS) is 16.1. The van der Waals surface area contributed by atoms with Crippen LogP contribution in [0.25, 0.3) is 0 Å². The average molecular weight is 423 g/mol. The standard InChI is InChI=1S/C25H30N2O4/c1-29-23-9-3-2-7-21(23)27-15-13-26(14-16-27)12-5-4-8-22(28)20-10-11-24-25(19-20)31-18-6-17-30-24/h2-3,6-7,9-11,18-19H,4-5,8,12-17H2,1H3. The number of hydrogen-bond donors (Lipinski definition) is 0. The van der Waals surface area contributed by atoms with Gasteiger partial charge in [0, 0.05) is 38.2 Å². The van der Waals surface area contributed by atoms with Crippen LogP contribution in [-0.2, 0) is 0 Å². The molecular weight excluding hydrogens is 392 g/mol. The van der Waals surface area contributed by atoms with Gasteiger partial charge in [-0.2, -0.15) is 0 Å². The Bertz CT molecular complexity index is 919. The zero-order chi connectivity index (χ0) is 21.5. The molecule has 4 rings (SSSR count). The third-order valence-electron chi connectivity index (χ3n) is 5.82. The minimum absolute atomic E-state index is 0.153. The molecule has 0 saturated carbocycles. The Morgan fingerprint density at radius 3 is 2.71 bits per heavy atom. The van der Waals surface area contributed by atoms with Crippen molar-refractivity contribution in [1.29, 1.82) is 0 Å². The van der Waals surface area contributed by atoms with E-state index in [9.17, 15) is 4.79 Å². The molecule has 6 heteroatoms. The molecule has 31 heavy (non-hydrogen) atoms. The highest BCUT2D eigenvalue weighted by atomic mass is 16.5. The predicted octanol–water partition coefficient (Wildman–Crippen LogP) is 4.16. The molecule has 1 saturated heterocycles. The van der Waals surface area contributed by atoms with E-state index in [1.54, 1.807) is 25.5 Å². The Morgan fingerprint density at radius 2 is 1.87 bits per heavy atom. The lowest BCUT2D eigenvalue weighted by atomic mass is 10.0. The molecular formula is C25H30N2O4. The van der Waals surface area contributed by atoms with Gasteiger partial charge in [-0.05, 0) is 55.8 Å².